The Morgan fingerprint density at radius 2 is 2.10 bits per heavy atom. The number of pyridine rings is 1. The number of fused-ring (bicyclic) bond motifs is 1. The third kappa shape index (κ3) is 2.33. The molecule has 2 heterocycles. The predicted octanol–water partition coefficient (Wildman–Crippen LogP) is 2.99. The van der Waals surface area contributed by atoms with Crippen molar-refractivity contribution in [3.8, 4) is 11.1 Å². The van der Waals surface area contributed by atoms with Crippen molar-refractivity contribution in [3.63, 3.8) is 0 Å². The predicted molar refractivity (Wildman–Crippen MR) is 81.9 cm³/mol. The van der Waals surface area contributed by atoms with E-state index in [1.807, 2.05) is 36.4 Å². The second kappa shape index (κ2) is 5.28. The minimum Gasteiger partial charge on any atom is -0.461 e. The molecule has 3 rings (SSSR count). The summed E-state index contributed by atoms with van der Waals surface area (Å²) < 4.78 is 5.12. The largest absolute Gasteiger partial charge is 0.461 e. The number of carbonyl (C=O) groups is 1. The maximum absolute atomic E-state index is 12.2. The third-order valence-electron chi connectivity index (χ3n) is 3.21. The summed E-state index contributed by atoms with van der Waals surface area (Å²) in [7, 11) is 0. The molecular formula is C16H15N3O2. The van der Waals surface area contributed by atoms with Gasteiger partial charge in [0, 0.05) is 10.9 Å². The smallest absolute Gasteiger partial charge is 0.355 e. The van der Waals surface area contributed by atoms with Crippen LogP contribution in [0.4, 0.5) is 5.69 Å². The van der Waals surface area contributed by atoms with E-state index in [0.29, 0.717) is 23.6 Å². The van der Waals surface area contributed by atoms with Crippen molar-refractivity contribution in [2.45, 2.75) is 6.92 Å². The highest BCUT2D eigenvalue weighted by atomic mass is 16.5. The van der Waals surface area contributed by atoms with Gasteiger partial charge in [-0.2, -0.15) is 0 Å². The lowest BCUT2D eigenvalue weighted by Gasteiger charge is -2.04. The van der Waals surface area contributed by atoms with Crippen LogP contribution in [-0.2, 0) is 4.74 Å². The standard InChI is InChI=1S/C16H15N3O2/c1-2-21-16(20)14-13(10-6-4-3-5-7-10)12-8-11(17)9-18-15(12)19-14/h3-9H,2,17H2,1H3,(H,18,19). The zero-order valence-electron chi connectivity index (χ0n) is 11.6. The summed E-state index contributed by atoms with van der Waals surface area (Å²) in [5, 5.41) is 0.809. The molecule has 5 nitrogen and oxygen atoms in total. The first kappa shape index (κ1) is 13.2. The number of nitrogens with two attached hydrogens (primary N) is 1. The second-order valence-corrected chi connectivity index (χ2v) is 4.63. The Labute approximate surface area is 121 Å². The summed E-state index contributed by atoms with van der Waals surface area (Å²) in [4.78, 5) is 19.5. The Morgan fingerprint density at radius 3 is 2.81 bits per heavy atom. The Balaban J connectivity index is 2.29. The number of rotatable bonds is 3. The van der Waals surface area contributed by atoms with Crippen LogP contribution in [0.15, 0.2) is 42.6 Å². The van der Waals surface area contributed by atoms with Gasteiger partial charge in [0.25, 0.3) is 0 Å². The fourth-order valence-electron chi connectivity index (χ4n) is 2.35. The maximum Gasteiger partial charge on any atom is 0.355 e. The molecule has 0 spiro atoms. The summed E-state index contributed by atoms with van der Waals surface area (Å²) in [6.45, 7) is 2.09. The molecule has 0 saturated carbocycles. The zero-order chi connectivity index (χ0) is 14.8. The van der Waals surface area contributed by atoms with Gasteiger partial charge in [0.05, 0.1) is 18.5 Å². The van der Waals surface area contributed by atoms with Gasteiger partial charge in [-0.05, 0) is 18.6 Å². The fourth-order valence-corrected chi connectivity index (χ4v) is 2.35. The number of hydrogen-bond donors (Lipinski definition) is 2. The van der Waals surface area contributed by atoms with Gasteiger partial charge in [0.1, 0.15) is 11.3 Å². The minimum atomic E-state index is -0.395. The van der Waals surface area contributed by atoms with Crippen LogP contribution in [0, 0.1) is 0 Å². The van der Waals surface area contributed by atoms with E-state index < -0.39 is 5.97 Å². The third-order valence-corrected chi connectivity index (χ3v) is 3.21. The number of nitrogen functional groups attached to an aromatic ring is 1. The van der Waals surface area contributed by atoms with Crippen LogP contribution in [0.5, 0.6) is 0 Å². The van der Waals surface area contributed by atoms with E-state index in [0.717, 1.165) is 16.5 Å². The summed E-state index contributed by atoms with van der Waals surface area (Å²) >= 11 is 0. The van der Waals surface area contributed by atoms with Gasteiger partial charge in [-0.25, -0.2) is 9.78 Å². The first-order chi connectivity index (χ1) is 10.2. The van der Waals surface area contributed by atoms with Crippen LogP contribution in [0.25, 0.3) is 22.2 Å². The maximum atomic E-state index is 12.2. The number of nitrogens with one attached hydrogen (secondary N) is 1. The molecule has 0 fully saturated rings. The number of nitrogens with zero attached hydrogens (tertiary/aromatic N) is 1. The summed E-state index contributed by atoms with van der Waals surface area (Å²) in [5.74, 6) is -0.395. The molecule has 0 bridgehead atoms. The number of hydrogen-bond acceptors (Lipinski definition) is 4. The topological polar surface area (TPSA) is 81.0 Å². The van der Waals surface area contributed by atoms with Crippen molar-refractivity contribution in [2.75, 3.05) is 12.3 Å². The van der Waals surface area contributed by atoms with E-state index in [1.165, 1.54) is 0 Å². The molecule has 106 valence electrons. The number of ether oxygens (including phenoxy) is 1. The highest BCUT2D eigenvalue weighted by molar-refractivity contribution is 6.07. The quantitative estimate of drug-likeness (QED) is 0.723. The molecule has 1 aromatic carbocycles. The van der Waals surface area contributed by atoms with Crippen molar-refractivity contribution < 1.29 is 9.53 Å². The van der Waals surface area contributed by atoms with E-state index in [1.54, 1.807) is 13.1 Å². The first-order valence-electron chi connectivity index (χ1n) is 6.70. The number of carbonyl (C=O) groups excluding carboxylic acids is 1. The van der Waals surface area contributed by atoms with Crippen LogP contribution in [0.2, 0.25) is 0 Å². The van der Waals surface area contributed by atoms with Crippen LogP contribution < -0.4 is 5.73 Å². The van der Waals surface area contributed by atoms with Gasteiger partial charge in [-0.1, -0.05) is 30.3 Å². The van der Waals surface area contributed by atoms with Crippen LogP contribution >= 0.6 is 0 Å². The average molecular weight is 281 g/mol. The van der Waals surface area contributed by atoms with E-state index in [-0.39, 0.29) is 0 Å². The second-order valence-electron chi connectivity index (χ2n) is 4.63. The molecule has 0 aliphatic carbocycles. The lowest BCUT2D eigenvalue weighted by atomic mass is 10.0. The van der Waals surface area contributed by atoms with Crippen molar-refractivity contribution in [2.24, 2.45) is 0 Å². The van der Waals surface area contributed by atoms with Gasteiger partial charge in [0.2, 0.25) is 0 Å². The Bertz CT molecular complexity index is 794. The molecule has 0 aliphatic heterocycles. The molecule has 0 unspecified atom stereocenters. The number of aromatic amines is 1. The van der Waals surface area contributed by atoms with Crippen molar-refractivity contribution in [3.05, 3.63) is 48.3 Å². The Morgan fingerprint density at radius 1 is 1.33 bits per heavy atom. The van der Waals surface area contributed by atoms with Gasteiger partial charge in [0.15, 0.2) is 0 Å². The van der Waals surface area contributed by atoms with Crippen molar-refractivity contribution in [1.29, 1.82) is 0 Å². The van der Waals surface area contributed by atoms with Crippen LogP contribution in [0.1, 0.15) is 17.4 Å². The number of esters is 1. The molecule has 5 heteroatoms. The Kier molecular flexibility index (Phi) is 3.31. The highest BCUT2D eigenvalue weighted by Crippen LogP contribution is 2.32. The average Bonchev–Trinajstić information content (AvgIpc) is 2.87. The van der Waals surface area contributed by atoms with E-state index in [2.05, 4.69) is 9.97 Å². The van der Waals surface area contributed by atoms with Crippen molar-refractivity contribution in [1.82, 2.24) is 9.97 Å². The molecule has 0 atom stereocenters. The zero-order valence-corrected chi connectivity index (χ0v) is 11.6. The fraction of sp³-hybridized carbons (Fsp3) is 0.125. The molecular weight excluding hydrogens is 266 g/mol. The number of H-pyrrole nitrogens is 1. The van der Waals surface area contributed by atoms with Gasteiger partial charge in [-0.15, -0.1) is 0 Å². The SMILES string of the molecule is CCOC(=O)c1[nH]c2ncc(N)cc2c1-c1ccccc1. The van der Waals surface area contributed by atoms with E-state index in [9.17, 15) is 4.79 Å². The van der Waals surface area contributed by atoms with Crippen molar-refractivity contribution >= 4 is 22.7 Å². The normalized spacial score (nSPS) is 10.7. The number of anilines is 1. The summed E-state index contributed by atoms with van der Waals surface area (Å²) in [6.07, 6.45) is 1.56. The van der Waals surface area contributed by atoms with Crippen LogP contribution in [-0.4, -0.2) is 22.5 Å². The summed E-state index contributed by atoms with van der Waals surface area (Å²) in [6, 6.07) is 11.5. The molecule has 0 radical (unpaired) electrons. The molecule has 0 aliphatic rings. The number of benzene rings is 1. The van der Waals surface area contributed by atoms with Crippen LogP contribution in [0.3, 0.4) is 0 Å². The Hall–Kier alpha value is -2.82. The molecule has 0 saturated heterocycles. The summed E-state index contributed by atoms with van der Waals surface area (Å²) in [5.41, 5.74) is 9.07. The minimum absolute atomic E-state index is 0.317. The van der Waals surface area contributed by atoms with Gasteiger partial charge < -0.3 is 15.5 Å². The lowest BCUT2D eigenvalue weighted by Crippen LogP contribution is -2.06. The molecule has 3 aromatic rings. The monoisotopic (exact) mass is 281 g/mol. The molecule has 2 aromatic heterocycles. The van der Waals surface area contributed by atoms with Gasteiger partial charge >= 0.3 is 5.97 Å². The van der Waals surface area contributed by atoms with E-state index in [4.69, 9.17) is 10.5 Å². The first-order valence-corrected chi connectivity index (χ1v) is 6.70. The van der Waals surface area contributed by atoms with Gasteiger partial charge in [-0.3, -0.25) is 0 Å². The van der Waals surface area contributed by atoms with E-state index >= 15 is 0 Å². The molecule has 21 heavy (non-hydrogen) atoms. The molecule has 3 N–H and O–H groups in total. The molecule has 0 amide bonds. The number of aromatic nitrogens is 2. The lowest BCUT2D eigenvalue weighted by molar-refractivity contribution is 0.0521. The highest BCUT2D eigenvalue weighted by Gasteiger charge is 2.20.